The van der Waals surface area contributed by atoms with Crippen molar-refractivity contribution in [2.75, 3.05) is 37.9 Å². The van der Waals surface area contributed by atoms with E-state index < -0.39 is 0 Å². The molecule has 1 fully saturated rings. The number of aliphatic hydroxyl groups excluding tert-OH is 1. The molecule has 0 spiro atoms. The molecule has 0 aliphatic carbocycles. The summed E-state index contributed by atoms with van der Waals surface area (Å²) in [5.74, 6) is 2.82. The van der Waals surface area contributed by atoms with Gasteiger partial charge in [0.25, 0.3) is 0 Å². The van der Waals surface area contributed by atoms with Crippen LogP contribution in [0.15, 0.2) is 24.3 Å². The van der Waals surface area contributed by atoms with Crippen LogP contribution in [0.2, 0.25) is 0 Å². The molecule has 0 aromatic heterocycles. The zero-order valence-electron chi connectivity index (χ0n) is 10.7. The first kappa shape index (κ1) is 13.7. The summed E-state index contributed by atoms with van der Waals surface area (Å²) in [5, 5.41) is 9.28. The maximum atomic E-state index is 9.28. The molecule has 1 aliphatic rings. The maximum Gasteiger partial charge on any atom is 0.119 e. The Morgan fingerprint density at radius 2 is 2.28 bits per heavy atom. The number of thioether (sulfide) groups is 1. The first-order valence-corrected chi connectivity index (χ1v) is 7.35. The molecule has 3 nitrogen and oxygen atoms in total. The van der Waals surface area contributed by atoms with Gasteiger partial charge in [-0.05, 0) is 24.6 Å². The van der Waals surface area contributed by atoms with Gasteiger partial charge in [-0.15, -0.1) is 0 Å². The molecule has 1 aromatic rings. The standard InChI is InChI=1S/C14H20O3S/c1-12-3-2-4-13(7-12)17-5-6-18-11-14(8-15)9-16-10-14/h2-4,7,15H,5-6,8-11H2,1H3. The predicted molar refractivity (Wildman–Crippen MR) is 74.3 cm³/mol. The number of hydrogen-bond donors (Lipinski definition) is 1. The lowest BCUT2D eigenvalue weighted by molar-refractivity contribution is -0.121. The van der Waals surface area contributed by atoms with Gasteiger partial charge in [0.15, 0.2) is 0 Å². The van der Waals surface area contributed by atoms with Crippen molar-refractivity contribution in [1.82, 2.24) is 0 Å². The smallest absolute Gasteiger partial charge is 0.119 e. The van der Waals surface area contributed by atoms with Gasteiger partial charge in [-0.25, -0.2) is 0 Å². The molecule has 0 unspecified atom stereocenters. The van der Waals surface area contributed by atoms with E-state index in [0.29, 0.717) is 19.8 Å². The van der Waals surface area contributed by atoms with Gasteiger partial charge in [0.2, 0.25) is 0 Å². The molecule has 0 saturated carbocycles. The Labute approximate surface area is 112 Å². The summed E-state index contributed by atoms with van der Waals surface area (Å²) in [5.41, 5.74) is 1.22. The normalized spacial score (nSPS) is 17.2. The molecule has 1 aliphatic heterocycles. The van der Waals surface area contributed by atoms with Gasteiger partial charge in [0.05, 0.1) is 26.4 Å². The van der Waals surface area contributed by atoms with Gasteiger partial charge in [0.1, 0.15) is 5.75 Å². The molecule has 1 heterocycles. The summed E-state index contributed by atoms with van der Waals surface area (Å²) >= 11 is 1.82. The van der Waals surface area contributed by atoms with Gasteiger partial charge in [-0.3, -0.25) is 0 Å². The molecule has 2 rings (SSSR count). The molecule has 1 aromatic carbocycles. The molecular formula is C14H20O3S. The first-order valence-electron chi connectivity index (χ1n) is 6.20. The molecule has 18 heavy (non-hydrogen) atoms. The Balaban J connectivity index is 1.61. The second-order valence-corrected chi connectivity index (χ2v) is 5.97. The number of benzene rings is 1. The summed E-state index contributed by atoms with van der Waals surface area (Å²) in [6.07, 6.45) is 0. The van der Waals surface area contributed by atoms with Gasteiger partial charge in [0, 0.05) is 16.9 Å². The Kier molecular flexibility index (Phi) is 4.92. The first-order chi connectivity index (χ1) is 8.74. The van der Waals surface area contributed by atoms with E-state index in [4.69, 9.17) is 9.47 Å². The van der Waals surface area contributed by atoms with E-state index in [1.807, 2.05) is 30.0 Å². The van der Waals surface area contributed by atoms with Crippen LogP contribution in [-0.4, -0.2) is 43.0 Å². The minimum Gasteiger partial charge on any atom is -0.493 e. The lowest BCUT2D eigenvalue weighted by atomic mass is 9.90. The van der Waals surface area contributed by atoms with Crippen molar-refractivity contribution >= 4 is 11.8 Å². The summed E-state index contributed by atoms with van der Waals surface area (Å²) in [4.78, 5) is 0. The van der Waals surface area contributed by atoms with E-state index in [-0.39, 0.29) is 12.0 Å². The highest BCUT2D eigenvalue weighted by Gasteiger charge is 2.37. The monoisotopic (exact) mass is 268 g/mol. The average Bonchev–Trinajstić information content (AvgIpc) is 2.32. The summed E-state index contributed by atoms with van der Waals surface area (Å²) < 4.78 is 10.8. The van der Waals surface area contributed by atoms with Crippen LogP contribution in [0, 0.1) is 12.3 Å². The van der Waals surface area contributed by atoms with E-state index in [0.717, 1.165) is 17.3 Å². The van der Waals surface area contributed by atoms with Gasteiger partial charge < -0.3 is 14.6 Å². The highest BCUT2D eigenvalue weighted by Crippen LogP contribution is 2.30. The second kappa shape index (κ2) is 6.45. The molecule has 1 N–H and O–H groups in total. The third-order valence-corrected chi connectivity index (χ3v) is 4.32. The van der Waals surface area contributed by atoms with Crippen LogP contribution in [0.1, 0.15) is 5.56 Å². The highest BCUT2D eigenvalue weighted by atomic mass is 32.2. The number of hydrogen-bond acceptors (Lipinski definition) is 4. The number of aliphatic hydroxyl groups is 1. The summed E-state index contributed by atoms with van der Waals surface area (Å²) in [7, 11) is 0. The Morgan fingerprint density at radius 1 is 1.44 bits per heavy atom. The number of rotatable bonds is 7. The van der Waals surface area contributed by atoms with Crippen molar-refractivity contribution in [2.45, 2.75) is 6.92 Å². The molecule has 0 radical (unpaired) electrons. The van der Waals surface area contributed by atoms with Crippen molar-refractivity contribution in [2.24, 2.45) is 5.41 Å². The molecule has 0 atom stereocenters. The Bertz CT molecular complexity index is 372. The van der Waals surface area contributed by atoms with Crippen molar-refractivity contribution in [3.63, 3.8) is 0 Å². The van der Waals surface area contributed by atoms with Crippen LogP contribution < -0.4 is 4.74 Å². The summed E-state index contributed by atoms with van der Waals surface area (Å²) in [6, 6.07) is 8.08. The number of ether oxygens (including phenoxy) is 2. The minimum absolute atomic E-state index is 0.00794. The van der Waals surface area contributed by atoms with Crippen molar-refractivity contribution in [1.29, 1.82) is 0 Å². The van der Waals surface area contributed by atoms with Crippen LogP contribution in [-0.2, 0) is 4.74 Å². The van der Waals surface area contributed by atoms with E-state index in [1.165, 1.54) is 5.56 Å². The van der Waals surface area contributed by atoms with Crippen molar-refractivity contribution < 1.29 is 14.6 Å². The SMILES string of the molecule is Cc1cccc(OCCSCC2(CO)COC2)c1. The highest BCUT2D eigenvalue weighted by molar-refractivity contribution is 7.99. The van der Waals surface area contributed by atoms with Gasteiger partial charge >= 0.3 is 0 Å². The van der Waals surface area contributed by atoms with Crippen molar-refractivity contribution in [3.05, 3.63) is 29.8 Å². The Hall–Kier alpha value is -0.710. The fourth-order valence-electron chi connectivity index (χ4n) is 1.82. The third kappa shape index (κ3) is 3.64. The fraction of sp³-hybridized carbons (Fsp3) is 0.571. The number of aryl methyl sites for hydroxylation is 1. The molecule has 100 valence electrons. The second-order valence-electron chi connectivity index (χ2n) is 4.87. The lowest BCUT2D eigenvalue weighted by Crippen LogP contribution is -2.47. The molecule has 0 amide bonds. The van der Waals surface area contributed by atoms with Crippen LogP contribution in [0.5, 0.6) is 5.75 Å². The van der Waals surface area contributed by atoms with Gasteiger partial charge in [-0.1, -0.05) is 12.1 Å². The lowest BCUT2D eigenvalue weighted by Gasteiger charge is -2.39. The van der Waals surface area contributed by atoms with Crippen molar-refractivity contribution in [3.8, 4) is 5.75 Å². The van der Waals surface area contributed by atoms with E-state index in [2.05, 4.69) is 13.0 Å². The van der Waals surface area contributed by atoms with Crippen LogP contribution in [0.4, 0.5) is 0 Å². The van der Waals surface area contributed by atoms with Crippen LogP contribution >= 0.6 is 11.8 Å². The predicted octanol–water partition coefficient (Wildman–Crippen LogP) is 2.12. The Morgan fingerprint density at radius 3 is 2.89 bits per heavy atom. The third-order valence-electron chi connectivity index (χ3n) is 3.05. The topological polar surface area (TPSA) is 38.7 Å². The largest absolute Gasteiger partial charge is 0.493 e. The minimum atomic E-state index is 0.00794. The molecule has 4 heteroatoms. The molecule has 0 bridgehead atoms. The van der Waals surface area contributed by atoms with Crippen LogP contribution in [0.25, 0.3) is 0 Å². The van der Waals surface area contributed by atoms with E-state index in [9.17, 15) is 5.11 Å². The average molecular weight is 268 g/mol. The van der Waals surface area contributed by atoms with E-state index in [1.54, 1.807) is 0 Å². The maximum absolute atomic E-state index is 9.28. The molecular weight excluding hydrogens is 248 g/mol. The van der Waals surface area contributed by atoms with Gasteiger partial charge in [-0.2, -0.15) is 11.8 Å². The molecule has 1 saturated heterocycles. The summed E-state index contributed by atoms with van der Waals surface area (Å²) in [6.45, 7) is 4.36. The zero-order valence-corrected chi connectivity index (χ0v) is 11.5. The van der Waals surface area contributed by atoms with E-state index >= 15 is 0 Å². The quantitative estimate of drug-likeness (QED) is 0.769. The zero-order chi connectivity index (χ0) is 12.8. The fourth-order valence-corrected chi connectivity index (χ4v) is 2.86. The van der Waals surface area contributed by atoms with Crippen LogP contribution in [0.3, 0.4) is 0 Å².